The molecule has 1 atom stereocenters. The van der Waals surface area contributed by atoms with Gasteiger partial charge in [-0.25, -0.2) is 4.98 Å². The number of H-pyrrole nitrogens is 1. The van der Waals surface area contributed by atoms with Crippen molar-refractivity contribution >= 4 is 45.4 Å². The largest absolute Gasteiger partial charge is 0.354 e. The molecule has 2 amide bonds. The Bertz CT molecular complexity index is 1410. The molecule has 1 unspecified atom stereocenters. The summed E-state index contributed by atoms with van der Waals surface area (Å²) in [5, 5.41) is 14.9. The van der Waals surface area contributed by atoms with E-state index in [1.165, 1.54) is 10.8 Å². The summed E-state index contributed by atoms with van der Waals surface area (Å²) >= 11 is 1.15. The summed E-state index contributed by atoms with van der Waals surface area (Å²) in [7, 11) is 0. The van der Waals surface area contributed by atoms with E-state index in [9.17, 15) is 14.4 Å². The van der Waals surface area contributed by atoms with Crippen molar-refractivity contribution in [1.29, 1.82) is 0 Å². The van der Waals surface area contributed by atoms with Crippen molar-refractivity contribution in [2.75, 3.05) is 12.3 Å². The highest BCUT2D eigenvalue weighted by atomic mass is 32.2. The second-order valence-electron chi connectivity index (χ2n) is 7.86. The molecule has 0 bridgehead atoms. The summed E-state index contributed by atoms with van der Waals surface area (Å²) in [5.74, 6) is -0.429. The first-order valence-electron chi connectivity index (χ1n) is 10.8. The topological polar surface area (TPSA) is 122 Å². The number of aromatic amines is 1. The first-order valence-corrected chi connectivity index (χ1v) is 11.7. The Morgan fingerprint density at radius 2 is 1.97 bits per heavy atom. The molecule has 0 radical (unpaired) electrons. The number of aromatic nitrogens is 4. The van der Waals surface area contributed by atoms with Crippen LogP contribution in [0.25, 0.3) is 27.5 Å². The Morgan fingerprint density at radius 1 is 1.12 bits per heavy atom. The molecule has 2 aromatic heterocycles. The van der Waals surface area contributed by atoms with E-state index in [4.69, 9.17) is 0 Å². The minimum Gasteiger partial charge on any atom is -0.354 e. The number of carbonyl (C=O) groups excluding carboxylic acids is 2. The quantitative estimate of drug-likeness (QED) is 0.309. The number of amides is 2. The molecule has 1 fully saturated rings. The van der Waals surface area contributed by atoms with Crippen LogP contribution in [0, 0.1) is 0 Å². The van der Waals surface area contributed by atoms with Crippen LogP contribution in [0.5, 0.6) is 0 Å². The molecule has 3 N–H and O–H groups in total. The predicted octanol–water partition coefficient (Wildman–Crippen LogP) is 2.14. The third-order valence-corrected chi connectivity index (χ3v) is 6.60. The molecule has 3 heterocycles. The zero-order valence-corrected chi connectivity index (χ0v) is 18.5. The minimum absolute atomic E-state index is 0.0145. The number of thioether (sulfide) groups is 1. The second kappa shape index (κ2) is 9.07. The molecule has 0 saturated carbocycles. The summed E-state index contributed by atoms with van der Waals surface area (Å²) in [4.78, 5) is 42.8. The van der Waals surface area contributed by atoms with Gasteiger partial charge >= 0.3 is 0 Å². The van der Waals surface area contributed by atoms with Gasteiger partial charge in [-0.15, -0.1) is 0 Å². The second-order valence-corrected chi connectivity index (χ2v) is 8.80. The molecule has 33 heavy (non-hydrogen) atoms. The van der Waals surface area contributed by atoms with Crippen LogP contribution >= 0.6 is 11.8 Å². The molecular weight excluding hydrogens is 440 g/mol. The lowest BCUT2D eigenvalue weighted by molar-refractivity contribution is -0.127. The van der Waals surface area contributed by atoms with Crippen molar-refractivity contribution in [3.05, 3.63) is 59.0 Å². The van der Waals surface area contributed by atoms with Gasteiger partial charge in [-0.3, -0.25) is 24.0 Å². The summed E-state index contributed by atoms with van der Waals surface area (Å²) < 4.78 is 1.52. The first kappa shape index (κ1) is 21.2. The van der Waals surface area contributed by atoms with E-state index in [0.717, 1.165) is 35.4 Å². The van der Waals surface area contributed by atoms with E-state index in [2.05, 4.69) is 25.8 Å². The molecule has 9 nitrogen and oxygen atoms in total. The van der Waals surface area contributed by atoms with Gasteiger partial charge in [0.1, 0.15) is 11.4 Å². The molecule has 1 saturated heterocycles. The number of benzene rings is 2. The van der Waals surface area contributed by atoms with Gasteiger partial charge in [0, 0.05) is 11.9 Å². The van der Waals surface area contributed by atoms with Crippen LogP contribution in [0.1, 0.15) is 19.3 Å². The average Bonchev–Trinajstić information content (AvgIpc) is 3.21. The molecule has 1 aliphatic rings. The lowest BCUT2D eigenvalue weighted by Crippen LogP contribution is -2.46. The molecule has 2 aromatic carbocycles. The third-order valence-electron chi connectivity index (χ3n) is 5.66. The van der Waals surface area contributed by atoms with Gasteiger partial charge in [-0.2, -0.15) is 5.10 Å². The van der Waals surface area contributed by atoms with E-state index < -0.39 is 6.04 Å². The Kier molecular flexibility index (Phi) is 5.82. The van der Waals surface area contributed by atoms with E-state index in [-0.39, 0.29) is 23.1 Å². The Hall–Kier alpha value is -3.66. The molecular formula is C23H22N6O3S. The van der Waals surface area contributed by atoms with Gasteiger partial charge in [-0.05, 0) is 30.7 Å². The van der Waals surface area contributed by atoms with Gasteiger partial charge in [0.05, 0.1) is 17.6 Å². The highest BCUT2D eigenvalue weighted by Gasteiger charge is 2.23. The van der Waals surface area contributed by atoms with Crippen LogP contribution in [-0.2, 0) is 9.59 Å². The zero-order valence-electron chi connectivity index (χ0n) is 17.7. The molecule has 5 rings (SSSR count). The normalized spacial score (nSPS) is 16.5. The van der Waals surface area contributed by atoms with Crippen LogP contribution in [0.4, 0.5) is 0 Å². The fraction of sp³-hybridized carbons (Fsp3) is 0.261. The fourth-order valence-electron chi connectivity index (χ4n) is 4.03. The van der Waals surface area contributed by atoms with Crippen molar-refractivity contribution in [2.45, 2.75) is 30.5 Å². The SMILES string of the molecule is O=C(CSc1nc2[nH]ncc2c(=O)n1-c1cccc2ccccc12)NC1CCCCNC1=O. The number of nitrogens with one attached hydrogen (secondary N) is 3. The Morgan fingerprint density at radius 3 is 2.88 bits per heavy atom. The summed E-state index contributed by atoms with van der Waals surface area (Å²) in [6, 6.07) is 13.0. The van der Waals surface area contributed by atoms with Crippen LogP contribution < -0.4 is 16.2 Å². The number of nitrogens with zero attached hydrogens (tertiary/aromatic N) is 3. The van der Waals surface area contributed by atoms with Crippen molar-refractivity contribution in [1.82, 2.24) is 30.4 Å². The number of hydrogen-bond acceptors (Lipinski definition) is 6. The third kappa shape index (κ3) is 4.21. The van der Waals surface area contributed by atoms with Crippen molar-refractivity contribution in [2.24, 2.45) is 0 Å². The van der Waals surface area contributed by atoms with Gasteiger partial charge < -0.3 is 10.6 Å². The van der Waals surface area contributed by atoms with Crippen LogP contribution in [0.2, 0.25) is 0 Å². The van der Waals surface area contributed by atoms with Crippen molar-refractivity contribution in [3.8, 4) is 5.69 Å². The first-order chi connectivity index (χ1) is 16.1. The van der Waals surface area contributed by atoms with Crippen molar-refractivity contribution < 1.29 is 9.59 Å². The zero-order chi connectivity index (χ0) is 22.8. The van der Waals surface area contributed by atoms with Gasteiger partial charge in [0.25, 0.3) is 5.56 Å². The highest BCUT2D eigenvalue weighted by Crippen LogP contribution is 2.26. The maximum absolute atomic E-state index is 13.4. The lowest BCUT2D eigenvalue weighted by atomic mass is 10.1. The van der Waals surface area contributed by atoms with E-state index in [0.29, 0.717) is 34.8 Å². The molecule has 4 aromatic rings. The number of rotatable bonds is 5. The molecule has 0 aliphatic carbocycles. The van der Waals surface area contributed by atoms with Gasteiger partial charge in [-0.1, -0.05) is 48.2 Å². The van der Waals surface area contributed by atoms with Crippen molar-refractivity contribution in [3.63, 3.8) is 0 Å². The minimum atomic E-state index is -0.538. The standard InChI is InChI=1S/C23H22N6O3S/c30-19(26-17-9-3-4-11-24-21(17)31)13-33-23-27-20-16(12-25-28-20)22(32)29(23)18-10-5-7-14-6-1-2-8-15(14)18/h1-2,5-8,10,12,17H,3-4,9,11,13H2,(H,24,31)(H,25,28)(H,26,30). The fourth-order valence-corrected chi connectivity index (χ4v) is 4.84. The smallest absolute Gasteiger partial charge is 0.269 e. The maximum Gasteiger partial charge on any atom is 0.269 e. The van der Waals surface area contributed by atoms with Crippen LogP contribution in [-0.4, -0.2) is 49.9 Å². The van der Waals surface area contributed by atoms with E-state index in [1.807, 2.05) is 42.5 Å². The number of carbonyl (C=O) groups is 2. The van der Waals surface area contributed by atoms with Gasteiger partial charge in [0.15, 0.2) is 10.8 Å². The highest BCUT2D eigenvalue weighted by molar-refractivity contribution is 7.99. The van der Waals surface area contributed by atoms with Gasteiger partial charge in [0.2, 0.25) is 11.8 Å². The predicted molar refractivity (Wildman–Crippen MR) is 127 cm³/mol. The maximum atomic E-state index is 13.4. The number of hydrogen-bond donors (Lipinski definition) is 3. The average molecular weight is 463 g/mol. The molecule has 1 aliphatic heterocycles. The molecule has 0 spiro atoms. The molecule has 168 valence electrons. The summed E-state index contributed by atoms with van der Waals surface area (Å²) in [5.41, 5.74) is 0.776. The Labute approximate surface area is 193 Å². The van der Waals surface area contributed by atoms with Crippen LogP contribution in [0.15, 0.2) is 58.6 Å². The monoisotopic (exact) mass is 462 g/mol. The number of fused-ring (bicyclic) bond motifs is 2. The lowest BCUT2D eigenvalue weighted by Gasteiger charge is -2.16. The van der Waals surface area contributed by atoms with Crippen LogP contribution in [0.3, 0.4) is 0 Å². The summed E-state index contributed by atoms with van der Waals surface area (Å²) in [6.07, 6.45) is 3.84. The molecule has 10 heteroatoms. The van der Waals surface area contributed by atoms with E-state index >= 15 is 0 Å². The Balaban J connectivity index is 1.48. The summed E-state index contributed by atoms with van der Waals surface area (Å²) in [6.45, 7) is 0.630. The van der Waals surface area contributed by atoms with E-state index in [1.54, 1.807) is 0 Å².